The van der Waals surface area contributed by atoms with E-state index in [1.54, 1.807) is 6.92 Å². The normalized spacial score (nSPS) is 12.7. The highest BCUT2D eigenvalue weighted by molar-refractivity contribution is 6.20. The zero-order valence-corrected chi connectivity index (χ0v) is 9.11. The SMILES string of the molecule is C[C@H](Cl)c1nc(Cc2ccccc2)no1. The second-order valence-electron chi connectivity index (χ2n) is 3.33. The Kier molecular flexibility index (Phi) is 3.02. The van der Waals surface area contributed by atoms with Gasteiger partial charge in [0.2, 0.25) is 5.89 Å². The lowest BCUT2D eigenvalue weighted by atomic mass is 10.1. The fraction of sp³-hybridized carbons (Fsp3) is 0.273. The molecule has 1 aromatic carbocycles. The summed E-state index contributed by atoms with van der Waals surface area (Å²) < 4.78 is 5.01. The molecule has 0 aliphatic rings. The van der Waals surface area contributed by atoms with E-state index in [0.717, 1.165) is 5.56 Å². The van der Waals surface area contributed by atoms with E-state index in [1.165, 1.54) is 0 Å². The van der Waals surface area contributed by atoms with E-state index < -0.39 is 0 Å². The van der Waals surface area contributed by atoms with E-state index in [0.29, 0.717) is 18.1 Å². The Labute approximate surface area is 93.1 Å². The number of aromatic nitrogens is 2. The number of benzene rings is 1. The highest BCUT2D eigenvalue weighted by Gasteiger charge is 2.11. The lowest BCUT2D eigenvalue weighted by molar-refractivity contribution is 0.374. The number of hydrogen-bond acceptors (Lipinski definition) is 3. The van der Waals surface area contributed by atoms with Gasteiger partial charge in [0.1, 0.15) is 5.38 Å². The van der Waals surface area contributed by atoms with Crippen LogP contribution >= 0.6 is 11.6 Å². The van der Waals surface area contributed by atoms with Gasteiger partial charge in [0.05, 0.1) is 0 Å². The summed E-state index contributed by atoms with van der Waals surface area (Å²) in [6.45, 7) is 1.81. The van der Waals surface area contributed by atoms with Crippen LogP contribution in [-0.4, -0.2) is 10.1 Å². The van der Waals surface area contributed by atoms with Crippen LogP contribution < -0.4 is 0 Å². The van der Waals surface area contributed by atoms with Gasteiger partial charge in [0.25, 0.3) is 0 Å². The van der Waals surface area contributed by atoms with Crippen molar-refractivity contribution in [3.63, 3.8) is 0 Å². The molecule has 4 heteroatoms. The van der Waals surface area contributed by atoms with Crippen LogP contribution in [0.25, 0.3) is 0 Å². The summed E-state index contributed by atoms with van der Waals surface area (Å²) in [5.74, 6) is 1.14. The molecule has 0 saturated carbocycles. The number of rotatable bonds is 3. The van der Waals surface area contributed by atoms with E-state index in [4.69, 9.17) is 16.1 Å². The van der Waals surface area contributed by atoms with Crippen LogP contribution in [0.15, 0.2) is 34.9 Å². The predicted molar refractivity (Wildman–Crippen MR) is 57.8 cm³/mol. The van der Waals surface area contributed by atoms with E-state index in [9.17, 15) is 0 Å². The fourth-order valence-electron chi connectivity index (χ4n) is 1.28. The van der Waals surface area contributed by atoms with Gasteiger partial charge in [-0.2, -0.15) is 4.98 Å². The third kappa shape index (κ3) is 2.57. The minimum Gasteiger partial charge on any atom is -0.338 e. The van der Waals surface area contributed by atoms with E-state index in [2.05, 4.69) is 10.1 Å². The number of halogens is 1. The number of alkyl halides is 1. The molecule has 1 atom stereocenters. The van der Waals surface area contributed by atoms with Gasteiger partial charge in [-0.3, -0.25) is 0 Å². The largest absolute Gasteiger partial charge is 0.338 e. The first-order valence-electron chi connectivity index (χ1n) is 4.76. The summed E-state index contributed by atoms with van der Waals surface area (Å²) in [7, 11) is 0. The summed E-state index contributed by atoms with van der Waals surface area (Å²) >= 11 is 5.82. The molecule has 1 heterocycles. The van der Waals surface area contributed by atoms with Crippen molar-refractivity contribution in [3.8, 4) is 0 Å². The Balaban J connectivity index is 2.12. The van der Waals surface area contributed by atoms with Gasteiger partial charge in [-0.25, -0.2) is 0 Å². The van der Waals surface area contributed by atoms with Crippen molar-refractivity contribution < 1.29 is 4.52 Å². The van der Waals surface area contributed by atoms with Crippen molar-refractivity contribution in [2.75, 3.05) is 0 Å². The van der Waals surface area contributed by atoms with Gasteiger partial charge < -0.3 is 4.52 Å². The molecule has 2 rings (SSSR count). The van der Waals surface area contributed by atoms with Crippen LogP contribution in [0.3, 0.4) is 0 Å². The Morgan fingerprint density at radius 1 is 1.33 bits per heavy atom. The smallest absolute Gasteiger partial charge is 0.244 e. The van der Waals surface area contributed by atoms with Crippen LogP contribution in [0.5, 0.6) is 0 Å². The maximum atomic E-state index is 5.82. The van der Waals surface area contributed by atoms with Crippen LogP contribution in [0.2, 0.25) is 0 Å². The molecule has 78 valence electrons. The molecule has 0 aliphatic heterocycles. The topological polar surface area (TPSA) is 38.9 Å². The van der Waals surface area contributed by atoms with E-state index in [-0.39, 0.29) is 5.38 Å². The molecular formula is C11H11ClN2O. The minimum absolute atomic E-state index is 0.234. The molecule has 1 aromatic heterocycles. The summed E-state index contributed by atoms with van der Waals surface area (Å²) in [6, 6.07) is 10.0. The Hall–Kier alpha value is -1.35. The second-order valence-corrected chi connectivity index (χ2v) is 3.98. The Morgan fingerprint density at radius 2 is 2.07 bits per heavy atom. The third-order valence-electron chi connectivity index (χ3n) is 2.03. The average Bonchev–Trinajstić information content (AvgIpc) is 2.68. The lowest BCUT2D eigenvalue weighted by Gasteiger charge is -1.94. The fourth-order valence-corrected chi connectivity index (χ4v) is 1.37. The van der Waals surface area contributed by atoms with Gasteiger partial charge in [0.15, 0.2) is 5.82 Å². The molecule has 0 aliphatic carbocycles. The highest BCUT2D eigenvalue weighted by Crippen LogP contribution is 2.17. The molecule has 0 unspecified atom stereocenters. The molecule has 0 saturated heterocycles. The monoisotopic (exact) mass is 222 g/mol. The van der Waals surface area contributed by atoms with Gasteiger partial charge in [-0.05, 0) is 12.5 Å². The lowest BCUT2D eigenvalue weighted by Crippen LogP contribution is -1.91. The summed E-state index contributed by atoms with van der Waals surface area (Å²) in [5, 5.41) is 3.63. The molecule has 0 spiro atoms. The predicted octanol–water partition coefficient (Wildman–Crippen LogP) is 2.96. The standard InChI is InChI=1S/C11H11ClN2O/c1-8(12)11-13-10(14-15-11)7-9-5-3-2-4-6-9/h2-6,8H,7H2,1H3/t8-/m0/s1. The van der Waals surface area contributed by atoms with Crippen LogP contribution in [0, 0.1) is 0 Å². The third-order valence-corrected chi connectivity index (χ3v) is 2.22. The summed E-state index contributed by atoms with van der Waals surface area (Å²) in [6.07, 6.45) is 0.675. The maximum absolute atomic E-state index is 5.82. The molecule has 3 nitrogen and oxygen atoms in total. The molecule has 0 fully saturated rings. The van der Waals surface area contributed by atoms with Crippen molar-refractivity contribution in [1.82, 2.24) is 10.1 Å². The number of nitrogens with zero attached hydrogens (tertiary/aromatic N) is 2. The first-order valence-corrected chi connectivity index (χ1v) is 5.20. The van der Waals surface area contributed by atoms with Crippen molar-refractivity contribution >= 4 is 11.6 Å². The van der Waals surface area contributed by atoms with Crippen molar-refractivity contribution in [2.45, 2.75) is 18.7 Å². The average molecular weight is 223 g/mol. The minimum atomic E-state index is -0.234. The molecule has 15 heavy (non-hydrogen) atoms. The van der Waals surface area contributed by atoms with Gasteiger partial charge >= 0.3 is 0 Å². The highest BCUT2D eigenvalue weighted by atomic mass is 35.5. The summed E-state index contributed by atoms with van der Waals surface area (Å²) in [4.78, 5) is 4.20. The Bertz CT molecular complexity index is 425. The summed E-state index contributed by atoms with van der Waals surface area (Å²) in [5.41, 5.74) is 1.16. The Morgan fingerprint density at radius 3 is 2.67 bits per heavy atom. The molecule has 0 N–H and O–H groups in total. The van der Waals surface area contributed by atoms with Crippen molar-refractivity contribution in [3.05, 3.63) is 47.6 Å². The first-order chi connectivity index (χ1) is 7.25. The van der Waals surface area contributed by atoms with Gasteiger partial charge in [0, 0.05) is 6.42 Å². The quantitative estimate of drug-likeness (QED) is 0.750. The van der Waals surface area contributed by atoms with Gasteiger partial charge in [-0.15, -0.1) is 11.6 Å². The van der Waals surface area contributed by atoms with Crippen molar-refractivity contribution in [1.29, 1.82) is 0 Å². The zero-order valence-electron chi connectivity index (χ0n) is 8.35. The molecule has 0 radical (unpaired) electrons. The van der Waals surface area contributed by atoms with Crippen LogP contribution in [0.4, 0.5) is 0 Å². The van der Waals surface area contributed by atoms with Crippen LogP contribution in [-0.2, 0) is 6.42 Å². The molecule has 2 aromatic rings. The number of hydrogen-bond donors (Lipinski definition) is 0. The van der Waals surface area contributed by atoms with Crippen LogP contribution in [0.1, 0.15) is 29.6 Å². The molecular weight excluding hydrogens is 212 g/mol. The van der Waals surface area contributed by atoms with Crippen molar-refractivity contribution in [2.24, 2.45) is 0 Å². The molecule has 0 bridgehead atoms. The maximum Gasteiger partial charge on any atom is 0.244 e. The zero-order chi connectivity index (χ0) is 10.7. The van der Waals surface area contributed by atoms with E-state index in [1.807, 2.05) is 30.3 Å². The van der Waals surface area contributed by atoms with Gasteiger partial charge in [-0.1, -0.05) is 35.5 Å². The second kappa shape index (κ2) is 4.45. The first kappa shape index (κ1) is 10.2. The van der Waals surface area contributed by atoms with E-state index >= 15 is 0 Å². The molecule has 0 amide bonds.